The quantitative estimate of drug-likeness (QED) is 0.864. The maximum atomic E-state index is 6.58. The Bertz CT molecular complexity index is 491. The zero-order valence-corrected chi connectivity index (χ0v) is 12.4. The molecule has 0 bridgehead atoms. The molecular weight excluding hydrogens is 244 g/mol. The van der Waals surface area contributed by atoms with Crippen molar-refractivity contribution < 1.29 is 0 Å². The van der Waals surface area contributed by atoms with Gasteiger partial charge in [-0.15, -0.1) is 0 Å². The number of hydrogen-bond donors (Lipinski definition) is 1. The van der Waals surface area contributed by atoms with Gasteiger partial charge in [-0.05, 0) is 24.2 Å². The molecule has 0 aliphatic rings. The van der Waals surface area contributed by atoms with Crippen molar-refractivity contribution in [2.24, 2.45) is 5.73 Å². The van der Waals surface area contributed by atoms with Gasteiger partial charge in [-0.2, -0.15) is 0 Å². The van der Waals surface area contributed by atoms with Gasteiger partial charge in [0, 0.05) is 6.04 Å². The number of nitrogens with zero attached hydrogens (tertiary/aromatic N) is 1. The number of nitrogens with two attached hydrogens (primary N) is 1. The number of rotatable bonds is 6. The lowest BCUT2D eigenvalue weighted by molar-refractivity contribution is 0.190. The molecule has 0 saturated heterocycles. The maximum Gasteiger partial charge on any atom is 0.0541 e. The molecule has 2 rings (SSSR count). The van der Waals surface area contributed by atoms with Gasteiger partial charge in [-0.3, -0.25) is 4.90 Å². The monoisotopic (exact) mass is 268 g/mol. The third-order valence-corrected chi connectivity index (χ3v) is 3.87. The minimum absolute atomic E-state index is 0.0153. The van der Waals surface area contributed by atoms with Crippen molar-refractivity contribution in [2.75, 3.05) is 13.1 Å². The average Bonchev–Trinajstić information content (AvgIpc) is 2.53. The van der Waals surface area contributed by atoms with Crippen molar-refractivity contribution in [3.05, 3.63) is 71.8 Å². The summed E-state index contributed by atoms with van der Waals surface area (Å²) in [6.07, 6.45) is 0. The van der Waals surface area contributed by atoms with E-state index >= 15 is 0 Å². The average molecular weight is 268 g/mol. The van der Waals surface area contributed by atoms with Crippen LogP contribution in [0, 0.1) is 0 Å². The molecule has 2 N–H and O–H groups in total. The van der Waals surface area contributed by atoms with Crippen molar-refractivity contribution >= 4 is 0 Å². The maximum absolute atomic E-state index is 6.58. The van der Waals surface area contributed by atoms with E-state index < -0.39 is 0 Å². The van der Waals surface area contributed by atoms with Crippen LogP contribution in [-0.2, 0) is 0 Å². The van der Waals surface area contributed by atoms with E-state index in [2.05, 4.69) is 73.3 Å². The zero-order valence-electron chi connectivity index (χ0n) is 12.4. The first-order valence-corrected chi connectivity index (χ1v) is 7.37. The molecule has 0 spiro atoms. The largest absolute Gasteiger partial charge is 0.322 e. The van der Waals surface area contributed by atoms with E-state index in [1.165, 1.54) is 11.1 Å². The van der Waals surface area contributed by atoms with Gasteiger partial charge in [0.05, 0.1) is 6.04 Å². The third kappa shape index (κ3) is 3.27. The molecular formula is C18H24N2. The molecule has 0 aromatic heterocycles. The molecule has 2 aromatic rings. The summed E-state index contributed by atoms with van der Waals surface area (Å²) >= 11 is 0. The van der Waals surface area contributed by atoms with E-state index in [1.807, 2.05) is 6.07 Å². The Labute approximate surface area is 122 Å². The summed E-state index contributed by atoms with van der Waals surface area (Å²) in [4.78, 5) is 2.42. The lowest BCUT2D eigenvalue weighted by atomic mass is 9.92. The van der Waals surface area contributed by atoms with Crippen LogP contribution in [0.25, 0.3) is 0 Å². The minimum Gasteiger partial charge on any atom is -0.322 e. The fraction of sp³-hybridized carbons (Fsp3) is 0.333. The van der Waals surface area contributed by atoms with Crippen LogP contribution in [0.1, 0.15) is 37.1 Å². The Morgan fingerprint density at radius 3 is 1.70 bits per heavy atom. The Balaban J connectivity index is 2.36. The summed E-state index contributed by atoms with van der Waals surface area (Å²) in [7, 11) is 0. The Hall–Kier alpha value is -1.64. The zero-order chi connectivity index (χ0) is 14.4. The first-order valence-electron chi connectivity index (χ1n) is 7.37. The predicted octanol–water partition coefficient (Wildman–Crippen LogP) is 3.77. The Morgan fingerprint density at radius 1 is 0.800 bits per heavy atom. The third-order valence-electron chi connectivity index (χ3n) is 3.87. The molecule has 20 heavy (non-hydrogen) atoms. The van der Waals surface area contributed by atoms with Gasteiger partial charge < -0.3 is 5.73 Å². The summed E-state index contributed by atoms with van der Waals surface area (Å²) in [6, 6.07) is 21.1. The summed E-state index contributed by atoms with van der Waals surface area (Å²) in [6.45, 7) is 6.38. The molecule has 0 unspecified atom stereocenters. The second-order valence-corrected chi connectivity index (χ2v) is 5.01. The molecule has 106 valence electrons. The minimum atomic E-state index is -0.0153. The molecule has 0 heterocycles. The van der Waals surface area contributed by atoms with Crippen LogP contribution in [0.5, 0.6) is 0 Å². The normalized spacial score (nSPS) is 14.2. The number of hydrogen-bond acceptors (Lipinski definition) is 2. The molecule has 0 amide bonds. The highest BCUT2D eigenvalue weighted by Gasteiger charge is 2.25. The van der Waals surface area contributed by atoms with E-state index in [4.69, 9.17) is 5.73 Å². The van der Waals surface area contributed by atoms with Gasteiger partial charge >= 0.3 is 0 Å². The van der Waals surface area contributed by atoms with Crippen LogP contribution in [0.15, 0.2) is 60.7 Å². The lowest BCUT2D eigenvalue weighted by Crippen LogP contribution is -2.36. The van der Waals surface area contributed by atoms with Crippen LogP contribution in [0.3, 0.4) is 0 Å². The van der Waals surface area contributed by atoms with E-state index in [-0.39, 0.29) is 12.1 Å². The molecule has 2 heteroatoms. The first-order chi connectivity index (χ1) is 9.77. The second kappa shape index (κ2) is 7.22. The van der Waals surface area contributed by atoms with Crippen LogP contribution < -0.4 is 5.73 Å². The summed E-state index contributed by atoms with van der Waals surface area (Å²) in [5.74, 6) is 0. The summed E-state index contributed by atoms with van der Waals surface area (Å²) < 4.78 is 0. The standard InChI is InChI=1S/C18H24N2/c1-3-20(4-2)18(16-13-9-6-10-14-16)17(19)15-11-7-5-8-12-15/h5-14,17-18H,3-4,19H2,1-2H3/t17-,18-/m1/s1. The SMILES string of the molecule is CCN(CC)[C@H](c1ccccc1)[C@H](N)c1ccccc1. The summed E-state index contributed by atoms with van der Waals surface area (Å²) in [5.41, 5.74) is 9.05. The van der Waals surface area contributed by atoms with Gasteiger partial charge in [-0.1, -0.05) is 74.5 Å². The molecule has 0 saturated carbocycles. The van der Waals surface area contributed by atoms with E-state index in [0.29, 0.717) is 0 Å². The van der Waals surface area contributed by atoms with E-state index in [9.17, 15) is 0 Å². The molecule has 0 aliphatic carbocycles. The molecule has 2 nitrogen and oxygen atoms in total. The molecule has 0 fully saturated rings. The molecule has 0 radical (unpaired) electrons. The van der Waals surface area contributed by atoms with Crippen LogP contribution in [0.4, 0.5) is 0 Å². The van der Waals surface area contributed by atoms with Gasteiger partial charge in [0.2, 0.25) is 0 Å². The number of benzene rings is 2. The van der Waals surface area contributed by atoms with Crippen LogP contribution >= 0.6 is 0 Å². The van der Waals surface area contributed by atoms with E-state index in [1.54, 1.807) is 0 Å². The van der Waals surface area contributed by atoms with Crippen molar-refractivity contribution in [3.63, 3.8) is 0 Å². The van der Waals surface area contributed by atoms with Crippen molar-refractivity contribution in [2.45, 2.75) is 25.9 Å². The van der Waals surface area contributed by atoms with Crippen molar-refractivity contribution in [1.29, 1.82) is 0 Å². The van der Waals surface area contributed by atoms with Crippen LogP contribution in [-0.4, -0.2) is 18.0 Å². The Morgan fingerprint density at radius 2 is 1.25 bits per heavy atom. The highest BCUT2D eigenvalue weighted by Crippen LogP contribution is 2.32. The molecule has 0 aliphatic heterocycles. The van der Waals surface area contributed by atoms with Gasteiger partial charge in [-0.25, -0.2) is 0 Å². The molecule has 2 atom stereocenters. The fourth-order valence-electron chi connectivity index (χ4n) is 2.77. The smallest absolute Gasteiger partial charge is 0.0541 e. The van der Waals surface area contributed by atoms with Gasteiger partial charge in [0.15, 0.2) is 0 Å². The first kappa shape index (κ1) is 14.8. The van der Waals surface area contributed by atoms with Crippen molar-refractivity contribution in [3.8, 4) is 0 Å². The summed E-state index contributed by atoms with van der Waals surface area (Å²) in [5, 5.41) is 0. The van der Waals surface area contributed by atoms with Gasteiger partial charge in [0.25, 0.3) is 0 Å². The van der Waals surface area contributed by atoms with Crippen molar-refractivity contribution in [1.82, 2.24) is 4.90 Å². The lowest BCUT2D eigenvalue weighted by Gasteiger charge is -2.34. The fourth-order valence-corrected chi connectivity index (χ4v) is 2.77. The number of likely N-dealkylation sites (N-methyl/N-ethyl adjacent to an activating group) is 1. The molecule has 2 aromatic carbocycles. The predicted molar refractivity (Wildman–Crippen MR) is 85.5 cm³/mol. The van der Waals surface area contributed by atoms with Gasteiger partial charge in [0.1, 0.15) is 0 Å². The highest BCUT2D eigenvalue weighted by atomic mass is 15.2. The van der Waals surface area contributed by atoms with Crippen LogP contribution in [0.2, 0.25) is 0 Å². The van der Waals surface area contributed by atoms with E-state index in [0.717, 1.165) is 13.1 Å². The Kier molecular flexibility index (Phi) is 5.33. The second-order valence-electron chi connectivity index (χ2n) is 5.01. The topological polar surface area (TPSA) is 29.3 Å². The highest BCUT2D eigenvalue weighted by molar-refractivity contribution is 5.27.